The van der Waals surface area contributed by atoms with Gasteiger partial charge in [0, 0.05) is 22.3 Å². The number of aliphatic hydroxyl groups excluding tert-OH is 1. The van der Waals surface area contributed by atoms with E-state index in [9.17, 15) is 24.8 Å². The average molecular weight is 733 g/mol. The zero-order valence-electron chi connectivity index (χ0n) is 25.4. The first-order chi connectivity index (χ1) is 22.5. The maximum Gasteiger partial charge on any atom is 0.337 e. The summed E-state index contributed by atoms with van der Waals surface area (Å²) >= 11 is 9.24. The van der Waals surface area contributed by atoms with Crippen LogP contribution in [0.25, 0.3) is 0 Å². The van der Waals surface area contributed by atoms with E-state index in [1.54, 1.807) is 62.4 Å². The molecule has 0 aliphatic carbocycles. The Kier molecular flexibility index (Phi) is 12.0. The fourth-order valence-electron chi connectivity index (χ4n) is 4.51. The van der Waals surface area contributed by atoms with Crippen molar-refractivity contribution in [2.75, 3.05) is 20.3 Å². The van der Waals surface area contributed by atoms with Gasteiger partial charge in [-0.1, -0.05) is 29.8 Å². The first-order valence-corrected chi connectivity index (χ1v) is 15.3. The van der Waals surface area contributed by atoms with Crippen molar-refractivity contribution < 1.29 is 38.6 Å². The van der Waals surface area contributed by atoms with Crippen molar-refractivity contribution in [3.05, 3.63) is 102 Å². The second-order valence-corrected chi connectivity index (χ2v) is 11.2. The highest BCUT2D eigenvalue weighted by Crippen LogP contribution is 2.37. The number of allylic oxidation sites excluding steroid dienone is 1. The highest BCUT2D eigenvalue weighted by atomic mass is 79.9. The fourth-order valence-corrected chi connectivity index (χ4v) is 5.22. The van der Waals surface area contributed by atoms with Gasteiger partial charge in [0.25, 0.3) is 0 Å². The maximum atomic E-state index is 12.4. The summed E-state index contributed by atoms with van der Waals surface area (Å²) in [4.78, 5) is 35.8. The van der Waals surface area contributed by atoms with Crippen molar-refractivity contribution in [1.29, 1.82) is 0 Å². The minimum Gasteiger partial charge on any atom is -0.490 e. The van der Waals surface area contributed by atoms with Crippen LogP contribution in [0, 0.1) is 10.1 Å². The highest BCUT2D eigenvalue weighted by Gasteiger charge is 2.32. The number of carbonyl (C=O) groups is 2. The zero-order chi connectivity index (χ0) is 34.1. The summed E-state index contributed by atoms with van der Waals surface area (Å²) in [5, 5.41) is 32.0. The molecule has 0 spiro atoms. The number of hydrazone groups is 1. The minimum absolute atomic E-state index is 0.0508. The number of hydrogen-bond donors (Lipinski definition) is 4. The number of nitro groups is 1. The molecule has 0 saturated heterocycles. The van der Waals surface area contributed by atoms with Gasteiger partial charge in [-0.05, 0) is 71.2 Å². The van der Waals surface area contributed by atoms with Crippen molar-refractivity contribution in [2.45, 2.75) is 32.7 Å². The second kappa shape index (κ2) is 16.1. The van der Waals surface area contributed by atoms with Gasteiger partial charge in [0.2, 0.25) is 5.75 Å². The van der Waals surface area contributed by atoms with Gasteiger partial charge >= 0.3 is 17.7 Å². The molecule has 0 bridgehead atoms. The molecule has 2 amide bonds. The number of rotatable bonds is 14. The Labute approximate surface area is 283 Å². The number of methoxy groups -OCH3 is 1. The third kappa shape index (κ3) is 9.12. The summed E-state index contributed by atoms with van der Waals surface area (Å²) in [7, 11) is 1.25. The normalized spacial score (nSPS) is 15.0. The predicted octanol–water partition coefficient (Wildman–Crippen LogP) is 5.11. The summed E-state index contributed by atoms with van der Waals surface area (Å²) < 4.78 is 22.4. The number of carbonyl (C=O) groups excluding carboxylic acids is 2. The molecule has 1 aliphatic rings. The van der Waals surface area contributed by atoms with E-state index in [4.69, 9.17) is 30.5 Å². The average Bonchev–Trinajstić information content (AvgIpc) is 3.03. The van der Waals surface area contributed by atoms with Gasteiger partial charge in [0.1, 0.15) is 13.2 Å². The summed E-state index contributed by atoms with van der Waals surface area (Å²) in [6, 6.07) is 13.4. The van der Waals surface area contributed by atoms with E-state index < -0.39 is 29.2 Å². The second-order valence-electron chi connectivity index (χ2n) is 9.94. The van der Waals surface area contributed by atoms with Crippen LogP contribution in [0.5, 0.6) is 17.2 Å². The molecular weight excluding hydrogens is 702 g/mol. The topological polar surface area (TPSA) is 183 Å². The molecule has 3 aromatic rings. The number of nitrogens with one attached hydrogen (secondary N) is 3. The first kappa shape index (κ1) is 35.0. The molecule has 0 radical (unpaired) electrons. The van der Waals surface area contributed by atoms with Crippen molar-refractivity contribution in [2.24, 2.45) is 5.10 Å². The molecule has 0 fully saturated rings. The summed E-state index contributed by atoms with van der Waals surface area (Å²) in [5.41, 5.74) is 4.50. The lowest BCUT2D eigenvalue weighted by Gasteiger charge is -2.28. The molecule has 16 heteroatoms. The Morgan fingerprint density at radius 2 is 1.91 bits per heavy atom. The van der Waals surface area contributed by atoms with Crippen LogP contribution in [-0.2, 0) is 16.1 Å². The summed E-state index contributed by atoms with van der Waals surface area (Å²) in [6.07, 6.45) is 0.0209. The van der Waals surface area contributed by atoms with Gasteiger partial charge in [-0.25, -0.2) is 9.59 Å². The summed E-state index contributed by atoms with van der Waals surface area (Å²) in [6.45, 7) is 3.50. The summed E-state index contributed by atoms with van der Waals surface area (Å²) in [5.74, 6) is 0.0453. The molecule has 3 aromatic carbocycles. The number of halogens is 2. The monoisotopic (exact) mass is 731 g/mol. The van der Waals surface area contributed by atoms with Crippen LogP contribution in [0.15, 0.2) is 75.4 Å². The van der Waals surface area contributed by atoms with Crippen molar-refractivity contribution in [1.82, 2.24) is 16.1 Å². The Balaban J connectivity index is 1.41. The molecule has 0 saturated carbocycles. The SMILES string of the molecule is CCOc1cc([C@@H]2NC(=O)NC(C)=C2C(=O)OC)ccc1OC[C@H](O)N/N=C/c1cc(Br)c(OCc2ccc(Cl)cc2)c([N+](=O)[O-])c1. The lowest BCUT2D eigenvalue weighted by atomic mass is 9.95. The van der Waals surface area contributed by atoms with Crippen LogP contribution in [0.1, 0.15) is 36.6 Å². The van der Waals surface area contributed by atoms with Gasteiger partial charge < -0.3 is 34.7 Å². The number of hydrogen-bond acceptors (Lipinski definition) is 11. The molecule has 1 aliphatic heterocycles. The number of ether oxygens (including phenoxy) is 4. The molecule has 4 N–H and O–H groups in total. The Hall–Kier alpha value is -4.86. The lowest BCUT2D eigenvalue weighted by molar-refractivity contribution is -0.386. The Bertz CT molecular complexity index is 1700. The Morgan fingerprint density at radius 1 is 1.17 bits per heavy atom. The molecule has 2 atom stereocenters. The third-order valence-electron chi connectivity index (χ3n) is 6.65. The standard InChI is InChI=1S/C31H31BrClN5O9/c1-4-45-25-13-20(28-27(30(40)44-3)17(2)35-31(41)36-28)7-10-24(25)46-16-26(39)37-34-14-19-11-22(32)29(23(12-19)38(42)43)47-15-18-5-8-21(33)9-6-18/h5-14,26,28,37,39H,4,15-16H2,1-3H3,(H2,35,36,41)/b34-14+/t26-,28-/m0/s1. The number of benzene rings is 3. The van der Waals surface area contributed by atoms with Crippen molar-refractivity contribution in [3.8, 4) is 17.2 Å². The van der Waals surface area contributed by atoms with Crippen LogP contribution >= 0.6 is 27.5 Å². The van der Waals surface area contributed by atoms with Crippen LogP contribution in [0.4, 0.5) is 10.5 Å². The number of urea groups is 1. The predicted molar refractivity (Wildman–Crippen MR) is 176 cm³/mol. The number of nitro benzene ring substituents is 1. The van der Waals surface area contributed by atoms with Gasteiger partial charge in [0.05, 0.1) is 40.9 Å². The van der Waals surface area contributed by atoms with E-state index in [-0.39, 0.29) is 42.6 Å². The van der Waals surface area contributed by atoms with E-state index in [0.29, 0.717) is 32.1 Å². The largest absolute Gasteiger partial charge is 0.490 e. The fraction of sp³-hybridized carbons (Fsp3) is 0.258. The Morgan fingerprint density at radius 3 is 2.60 bits per heavy atom. The van der Waals surface area contributed by atoms with Crippen molar-refractivity contribution >= 4 is 51.4 Å². The lowest BCUT2D eigenvalue weighted by Crippen LogP contribution is -2.45. The molecule has 47 heavy (non-hydrogen) atoms. The molecule has 0 aromatic heterocycles. The molecule has 248 valence electrons. The number of aliphatic hydroxyl groups is 1. The van der Waals surface area contributed by atoms with Gasteiger partial charge in [-0.15, -0.1) is 0 Å². The molecule has 14 nitrogen and oxygen atoms in total. The minimum atomic E-state index is -1.28. The number of amides is 2. The van der Waals surface area contributed by atoms with Crippen LogP contribution in [0.3, 0.4) is 0 Å². The molecule has 4 rings (SSSR count). The van der Waals surface area contributed by atoms with Crippen LogP contribution in [0.2, 0.25) is 5.02 Å². The third-order valence-corrected chi connectivity index (χ3v) is 7.49. The molecular formula is C31H31BrClN5O9. The molecule has 0 unspecified atom stereocenters. The van der Waals surface area contributed by atoms with E-state index in [2.05, 4.69) is 37.1 Å². The number of nitrogens with zero attached hydrogens (tertiary/aromatic N) is 2. The van der Waals surface area contributed by atoms with E-state index in [1.165, 1.54) is 19.4 Å². The zero-order valence-corrected chi connectivity index (χ0v) is 27.8. The first-order valence-electron chi connectivity index (χ1n) is 14.1. The van der Waals surface area contributed by atoms with E-state index in [1.807, 2.05) is 0 Å². The van der Waals surface area contributed by atoms with Crippen LogP contribution in [-0.4, -0.2) is 54.8 Å². The van der Waals surface area contributed by atoms with E-state index >= 15 is 0 Å². The smallest absolute Gasteiger partial charge is 0.337 e. The van der Waals surface area contributed by atoms with Crippen LogP contribution < -0.4 is 30.3 Å². The van der Waals surface area contributed by atoms with E-state index in [0.717, 1.165) is 5.56 Å². The van der Waals surface area contributed by atoms with Gasteiger partial charge in [-0.2, -0.15) is 5.10 Å². The van der Waals surface area contributed by atoms with Gasteiger partial charge in [0.15, 0.2) is 17.7 Å². The highest BCUT2D eigenvalue weighted by molar-refractivity contribution is 9.10. The maximum absolute atomic E-state index is 12.4. The quantitative estimate of drug-likeness (QED) is 0.0572. The number of esters is 1. The van der Waals surface area contributed by atoms with Crippen molar-refractivity contribution in [3.63, 3.8) is 0 Å². The molecule has 1 heterocycles. The van der Waals surface area contributed by atoms with Gasteiger partial charge in [-0.3, -0.25) is 15.5 Å².